The first-order chi connectivity index (χ1) is 13.9. The molecule has 3 aromatic rings. The first-order valence-corrected chi connectivity index (χ1v) is 8.93. The van der Waals surface area contributed by atoms with Gasteiger partial charge in [0.25, 0.3) is 5.69 Å². The minimum absolute atomic E-state index is 0.155. The van der Waals surface area contributed by atoms with Crippen molar-refractivity contribution in [3.05, 3.63) is 81.1 Å². The standard InChI is InChI=1S/C21H17ClN2O5/c1-13-3-4-14(11-17(13)22)19-9-6-16(29-19)7-10-21(25)23-18-12-15(24(26)27)5-8-20(18)28-2/h3-12H,1-2H3,(H,23,25)/b10-7+. The number of carbonyl (C=O) groups excluding carboxylic acids is 1. The number of methoxy groups -OCH3 is 1. The average molecular weight is 413 g/mol. The van der Waals surface area contributed by atoms with E-state index in [9.17, 15) is 14.9 Å². The van der Waals surface area contributed by atoms with Gasteiger partial charge in [0.15, 0.2) is 0 Å². The molecule has 1 N–H and O–H groups in total. The molecule has 0 saturated carbocycles. The maximum atomic E-state index is 12.2. The summed E-state index contributed by atoms with van der Waals surface area (Å²) < 4.78 is 10.8. The van der Waals surface area contributed by atoms with Crippen molar-refractivity contribution < 1.29 is 18.9 Å². The summed E-state index contributed by atoms with van der Waals surface area (Å²) in [6.07, 6.45) is 2.77. The molecule has 0 atom stereocenters. The van der Waals surface area contributed by atoms with Gasteiger partial charge in [0.1, 0.15) is 17.3 Å². The van der Waals surface area contributed by atoms with Crippen LogP contribution >= 0.6 is 11.6 Å². The Hall–Kier alpha value is -3.58. The van der Waals surface area contributed by atoms with E-state index in [1.54, 1.807) is 12.1 Å². The number of hydrogen-bond acceptors (Lipinski definition) is 5. The smallest absolute Gasteiger partial charge is 0.271 e. The second-order valence-electron chi connectivity index (χ2n) is 6.13. The van der Waals surface area contributed by atoms with Crippen LogP contribution in [0.3, 0.4) is 0 Å². The number of nitro groups is 1. The van der Waals surface area contributed by atoms with E-state index in [1.807, 2.05) is 25.1 Å². The second-order valence-corrected chi connectivity index (χ2v) is 6.54. The number of halogens is 1. The second kappa shape index (κ2) is 8.62. The van der Waals surface area contributed by atoms with E-state index in [1.165, 1.54) is 37.5 Å². The lowest BCUT2D eigenvalue weighted by atomic mass is 10.1. The number of nitrogens with one attached hydrogen (secondary N) is 1. The van der Waals surface area contributed by atoms with Crippen LogP contribution in [0.2, 0.25) is 5.02 Å². The van der Waals surface area contributed by atoms with E-state index in [2.05, 4.69) is 5.32 Å². The number of ether oxygens (including phenoxy) is 1. The SMILES string of the molecule is COc1ccc([N+](=O)[O-])cc1NC(=O)/C=C/c1ccc(-c2ccc(C)c(Cl)c2)o1. The summed E-state index contributed by atoms with van der Waals surface area (Å²) in [4.78, 5) is 22.6. The lowest BCUT2D eigenvalue weighted by molar-refractivity contribution is -0.384. The minimum atomic E-state index is -0.549. The van der Waals surface area contributed by atoms with Crippen molar-refractivity contribution >= 4 is 35.0 Å². The minimum Gasteiger partial charge on any atom is -0.495 e. The van der Waals surface area contributed by atoms with E-state index in [4.69, 9.17) is 20.8 Å². The van der Waals surface area contributed by atoms with Gasteiger partial charge in [-0.05, 0) is 42.8 Å². The molecule has 148 valence electrons. The molecule has 1 amide bonds. The molecular formula is C21H17ClN2O5. The van der Waals surface area contributed by atoms with E-state index in [-0.39, 0.29) is 11.4 Å². The number of nitrogens with zero attached hydrogens (tertiary/aromatic N) is 1. The van der Waals surface area contributed by atoms with Crippen LogP contribution in [0.5, 0.6) is 5.75 Å². The van der Waals surface area contributed by atoms with E-state index in [0.29, 0.717) is 22.3 Å². The van der Waals surface area contributed by atoms with Crippen LogP contribution in [0.1, 0.15) is 11.3 Å². The highest BCUT2D eigenvalue weighted by Crippen LogP contribution is 2.29. The molecule has 29 heavy (non-hydrogen) atoms. The van der Waals surface area contributed by atoms with Gasteiger partial charge in [0.2, 0.25) is 5.91 Å². The molecule has 0 aliphatic heterocycles. The lowest BCUT2D eigenvalue weighted by Gasteiger charge is -2.08. The first-order valence-electron chi connectivity index (χ1n) is 8.55. The van der Waals surface area contributed by atoms with Crippen molar-refractivity contribution in [2.45, 2.75) is 6.92 Å². The monoisotopic (exact) mass is 412 g/mol. The first kappa shape index (κ1) is 20.2. The van der Waals surface area contributed by atoms with Crippen molar-refractivity contribution in [2.24, 2.45) is 0 Å². The Morgan fingerprint density at radius 1 is 1.21 bits per heavy atom. The maximum Gasteiger partial charge on any atom is 0.271 e. The molecule has 7 nitrogen and oxygen atoms in total. The predicted octanol–water partition coefficient (Wildman–Crippen LogP) is 5.48. The summed E-state index contributed by atoms with van der Waals surface area (Å²) in [7, 11) is 1.41. The van der Waals surface area contributed by atoms with Crippen molar-refractivity contribution in [1.82, 2.24) is 0 Å². The topological polar surface area (TPSA) is 94.6 Å². The summed E-state index contributed by atoms with van der Waals surface area (Å²) in [6, 6.07) is 13.1. The van der Waals surface area contributed by atoms with Crippen LogP contribution in [0, 0.1) is 17.0 Å². The highest BCUT2D eigenvalue weighted by molar-refractivity contribution is 6.31. The van der Waals surface area contributed by atoms with Gasteiger partial charge in [-0.3, -0.25) is 14.9 Å². The van der Waals surface area contributed by atoms with E-state index in [0.717, 1.165) is 11.1 Å². The van der Waals surface area contributed by atoms with Gasteiger partial charge in [-0.2, -0.15) is 0 Å². The summed E-state index contributed by atoms with van der Waals surface area (Å²) >= 11 is 6.14. The highest BCUT2D eigenvalue weighted by atomic mass is 35.5. The normalized spacial score (nSPS) is 10.9. The Morgan fingerprint density at radius 3 is 2.69 bits per heavy atom. The number of carbonyl (C=O) groups is 1. The van der Waals surface area contributed by atoms with Gasteiger partial charge in [0, 0.05) is 28.8 Å². The Kier molecular flexibility index (Phi) is 5.99. The Bertz CT molecular complexity index is 1100. The number of amides is 1. The van der Waals surface area contributed by atoms with Crippen LogP contribution in [0.4, 0.5) is 11.4 Å². The molecule has 0 aliphatic rings. The predicted molar refractivity (Wildman–Crippen MR) is 111 cm³/mol. The number of aryl methyl sites for hydroxylation is 1. The van der Waals surface area contributed by atoms with Crippen LogP contribution in [0.25, 0.3) is 17.4 Å². The van der Waals surface area contributed by atoms with Gasteiger partial charge >= 0.3 is 0 Å². The number of hydrogen-bond donors (Lipinski definition) is 1. The van der Waals surface area contributed by atoms with Crippen LogP contribution in [-0.2, 0) is 4.79 Å². The van der Waals surface area contributed by atoms with Crippen molar-refractivity contribution in [3.8, 4) is 17.1 Å². The number of nitro benzene ring substituents is 1. The zero-order chi connectivity index (χ0) is 21.0. The van der Waals surface area contributed by atoms with Gasteiger partial charge in [-0.25, -0.2) is 0 Å². The Morgan fingerprint density at radius 2 is 2.00 bits per heavy atom. The molecule has 8 heteroatoms. The largest absolute Gasteiger partial charge is 0.495 e. The number of non-ortho nitro benzene ring substituents is 1. The van der Waals surface area contributed by atoms with Crippen molar-refractivity contribution in [3.63, 3.8) is 0 Å². The van der Waals surface area contributed by atoms with Crippen LogP contribution in [-0.4, -0.2) is 17.9 Å². The quantitative estimate of drug-likeness (QED) is 0.328. The molecule has 0 fully saturated rings. The summed E-state index contributed by atoms with van der Waals surface area (Å²) in [5.41, 5.74) is 1.84. The maximum absolute atomic E-state index is 12.2. The van der Waals surface area contributed by atoms with Crippen molar-refractivity contribution in [2.75, 3.05) is 12.4 Å². The third kappa shape index (κ3) is 4.83. The Balaban J connectivity index is 1.73. The zero-order valence-corrected chi connectivity index (χ0v) is 16.4. The molecule has 0 saturated heterocycles. The number of rotatable bonds is 6. The molecule has 0 bridgehead atoms. The van der Waals surface area contributed by atoms with E-state index >= 15 is 0 Å². The number of anilines is 1. The number of benzene rings is 2. The Labute approximate surface area is 171 Å². The fourth-order valence-corrected chi connectivity index (χ4v) is 2.76. The fourth-order valence-electron chi connectivity index (χ4n) is 2.58. The molecule has 1 aromatic heterocycles. The number of furan rings is 1. The highest BCUT2D eigenvalue weighted by Gasteiger charge is 2.13. The van der Waals surface area contributed by atoms with E-state index < -0.39 is 10.8 Å². The van der Waals surface area contributed by atoms with Crippen LogP contribution in [0.15, 0.2) is 59.0 Å². The van der Waals surface area contributed by atoms with Gasteiger partial charge < -0.3 is 14.5 Å². The third-order valence-corrected chi connectivity index (χ3v) is 4.54. The van der Waals surface area contributed by atoms with Crippen molar-refractivity contribution in [1.29, 1.82) is 0 Å². The average Bonchev–Trinajstić information content (AvgIpc) is 3.17. The molecule has 0 aliphatic carbocycles. The molecule has 0 spiro atoms. The van der Waals surface area contributed by atoms with Gasteiger partial charge in [-0.15, -0.1) is 0 Å². The lowest BCUT2D eigenvalue weighted by Crippen LogP contribution is -2.09. The summed E-state index contributed by atoms with van der Waals surface area (Å²) in [5, 5.41) is 14.1. The molecule has 0 unspecified atom stereocenters. The zero-order valence-electron chi connectivity index (χ0n) is 15.6. The molecule has 2 aromatic carbocycles. The van der Waals surface area contributed by atoms with Gasteiger partial charge in [-0.1, -0.05) is 23.7 Å². The third-order valence-electron chi connectivity index (χ3n) is 4.13. The van der Waals surface area contributed by atoms with Gasteiger partial charge in [0.05, 0.1) is 17.7 Å². The fraction of sp³-hybridized carbons (Fsp3) is 0.0952. The molecule has 0 radical (unpaired) electrons. The van der Waals surface area contributed by atoms with Crippen LogP contribution < -0.4 is 10.1 Å². The summed E-state index contributed by atoms with van der Waals surface area (Å²) in [5.74, 6) is 0.916. The molecular weight excluding hydrogens is 396 g/mol. The summed E-state index contributed by atoms with van der Waals surface area (Å²) in [6.45, 7) is 1.91. The molecule has 3 rings (SSSR count). The molecule has 1 heterocycles.